The fourth-order valence-corrected chi connectivity index (χ4v) is 5.44. The lowest BCUT2D eigenvalue weighted by Gasteiger charge is -2.39. The smallest absolute Gasteiger partial charge is 0.239 e. The summed E-state index contributed by atoms with van der Waals surface area (Å²) >= 11 is 0. The van der Waals surface area contributed by atoms with Gasteiger partial charge < -0.3 is 74.4 Å². The Labute approximate surface area is 272 Å². The Morgan fingerprint density at radius 3 is 1.85 bits per heavy atom. The van der Waals surface area contributed by atoms with Crippen molar-refractivity contribution in [2.75, 3.05) is 13.2 Å². The molecule has 0 bridgehead atoms. The van der Waals surface area contributed by atoms with Gasteiger partial charge in [-0.1, -0.05) is 11.6 Å². The van der Waals surface area contributed by atoms with Crippen molar-refractivity contribution >= 4 is 11.0 Å². The van der Waals surface area contributed by atoms with Gasteiger partial charge in [-0.25, -0.2) is 0 Å². The van der Waals surface area contributed by atoms with Crippen molar-refractivity contribution in [3.05, 3.63) is 57.8 Å². The van der Waals surface area contributed by atoms with Crippen LogP contribution in [-0.2, 0) is 15.9 Å². The van der Waals surface area contributed by atoms with Crippen LogP contribution in [0.3, 0.4) is 0 Å². The first kappa shape index (κ1) is 35.5. The van der Waals surface area contributed by atoms with E-state index in [1.165, 1.54) is 24.3 Å². The van der Waals surface area contributed by atoms with E-state index in [1.807, 2.05) is 0 Å². The Balaban J connectivity index is 1.71. The standard InChI is InChI=1S/C32H38O16/c1-12(2)3-8-15-17(44-31-26(42)24(40)21(37)18(10-33)45-31)9-16(36)20-23(39)30(28(47-29(15)20)13-4-6-14(35)7-5-13)48-32-27(43)25(41)22(38)19(11-34)46-32/h3-7,9,18-19,21-22,24-27,31-38,40-43H,8,10-11H2,1-2H3/t18-,19-,21-,22-,24+,25+,26-,27-,31-,32+/m1/s1. The number of hydrogen-bond donors (Lipinski definition) is 10. The first-order valence-corrected chi connectivity index (χ1v) is 15.0. The van der Waals surface area contributed by atoms with Crippen LogP contribution in [0.25, 0.3) is 22.3 Å². The number of hydrogen-bond acceptors (Lipinski definition) is 16. The number of phenols is 2. The molecule has 2 fully saturated rings. The Morgan fingerprint density at radius 1 is 0.792 bits per heavy atom. The maximum Gasteiger partial charge on any atom is 0.239 e. The number of phenolic OH excluding ortho intramolecular Hbond substituents is 2. The van der Waals surface area contributed by atoms with Crippen LogP contribution in [0.1, 0.15) is 19.4 Å². The van der Waals surface area contributed by atoms with Crippen LogP contribution in [0.15, 0.2) is 51.2 Å². The van der Waals surface area contributed by atoms with E-state index >= 15 is 0 Å². The summed E-state index contributed by atoms with van der Waals surface area (Å²) in [7, 11) is 0. The quantitative estimate of drug-likeness (QED) is 0.118. The molecular formula is C32H38O16. The second kappa shape index (κ2) is 14.4. The number of benzene rings is 2. The molecule has 3 aromatic rings. The molecule has 3 heterocycles. The van der Waals surface area contributed by atoms with Crippen molar-refractivity contribution in [2.24, 2.45) is 0 Å². The van der Waals surface area contributed by atoms with E-state index < -0.39 is 96.9 Å². The molecule has 1 aromatic heterocycles. The Bertz CT molecular complexity index is 1680. The molecule has 16 nitrogen and oxygen atoms in total. The van der Waals surface area contributed by atoms with E-state index in [-0.39, 0.29) is 40.4 Å². The molecule has 0 spiro atoms. The fourth-order valence-electron chi connectivity index (χ4n) is 5.44. The monoisotopic (exact) mass is 678 g/mol. The molecule has 0 amide bonds. The Kier molecular flexibility index (Phi) is 10.6. The minimum absolute atomic E-state index is 0.0245. The Hall–Kier alpha value is -3.81. The average Bonchev–Trinajstić information content (AvgIpc) is 3.05. The molecule has 48 heavy (non-hydrogen) atoms. The van der Waals surface area contributed by atoms with E-state index in [0.717, 1.165) is 11.6 Å². The second-order valence-corrected chi connectivity index (χ2v) is 11.8. The van der Waals surface area contributed by atoms with Crippen molar-refractivity contribution in [3.63, 3.8) is 0 Å². The lowest BCUT2D eigenvalue weighted by atomic mass is 9.99. The number of ether oxygens (including phenoxy) is 4. The maximum absolute atomic E-state index is 14.2. The molecule has 0 aliphatic carbocycles. The SMILES string of the molecule is CC(C)=CCc1c(O[C@@H]2O[C@H](CO)[C@@H](O)[C@H](O)[C@H]2O)cc(O)c2c(=O)c(O[C@@H]3O[C@H](CO)[C@@H](O)[C@H](O)[C@H]3O)c(-c3ccc(O)cc3)oc12. The van der Waals surface area contributed by atoms with Gasteiger partial charge in [0.25, 0.3) is 0 Å². The summed E-state index contributed by atoms with van der Waals surface area (Å²) in [5.41, 5.74) is -0.0524. The molecule has 262 valence electrons. The van der Waals surface area contributed by atoms with E-state index in [9.17, 15) is 55.9 Å². The normalized spacial score (nSPS) is 30.6. The van der Waals surface area contributed by atoms with Crippen molar-refractivity contribution in [1.82, 2.24) is 0 Å². The largest absolute Gasteiger partial charge is 0.508 e. The molecule has 10 N–H and O–H groups in total. The highest BCUT2D eigenvalue weighted by molar-refractivity contribution is 5.91. The van der Waals surface area contributed by atoms with E-state index in [4.69, 9.17) is 23.4 Å². The molecule has 0 radical (unpaired) electrons. The number of allylic oxidation sites excluding steroid dienone is 2. The van der Waals surface area contributed by atoms with Gasteiger partial charge in [-0.15, -0.1) is 0 Å². The predicted molar refractivity (Wildman–Crippen MR) is 163 cm³/mol. The van der Waals surface area contributed by atoms with E-state index in [1.54, 1.807) is 19.9 Å². The minimum atomic E-state index is -1.90. The summed E-state index contributed by atoms with van der Waals surface area (Å²) in [5, 5.41) is 102. The highest BCUT2D eigenvalue weighted by atomic mass is 16.7. The number of aliphatic hydroxyl groups is 8. The zero-order valence-corrected chi connectivity index (χ0v) is 25.8. The highest BCUT2D eigenvalue weighted by Gasteiger charge is 2.46. The predicted octanol–water partition coefficient (Wildman–Crippen LogP) is -1.26. The summed E-state index contributed by atoms with van der Waals surface area (Å²) in [5.74, 6) is -1.88. The van der Waals surface area contributed by atoms with Gasteiger partial charge in [-0.05, 0) is 44.5 Å². The summed E-state index contributed by atoms with van der Waals surface area (Å²) < 4.78 is 28.8. The van der Waals surface area contributed by atoms with E-state index in [2.05, 4.69) is 0 Å². The van der Waals surface area contributed by atoms with Crippen molar-refractivity contribution < 1.29 is 74.4 Å². The highest BCUT2D eigenvalue weighted by Crippen LogP contribution is 2.41. The van der Waals surface area contributed by atoms with Crippen molar-refractivity contribution in [2.45, 2.75) is 81.7 Å². The van der Waals surface area contributed by atoms with Crippen LogP contribution in [-0.4, -0.2) is 126 Å². The summed E-state index contributed by atoms with van der Waals surface area (Å²) in [6.07, 6.45) is -15.0. The molecule has 2 aromatic carbocycles. The van der Waals surface area contributed by atoms with Gasteiger partial charge in [-0.2, -0.15) is 0 Å². The van der Waals surface area contributed by atoms with Gasteiger partial charge in [0.05, 0.1) is 13.2 Å². The van der Waals surface area contributed by atoms with Crippen LogP contribution in [0.2, 0.25) is 0 Å². The lowest BCUT2D eigenvalue weighted by molar-refractivity contribution is -0.277. The molecular weight excluding hydrogens is 640 g/mol. The van der Waals surface area contributed by atoms with Crippen LogP contribution in [0.5, 0.6) is 23.0 Å². The number of rotatable bonds is 9. The first-order chi connectivity index (χ1) is 22.8. The third-order valence-electron chi connectivity index (χ3n) is 8.18. The van der Waals surface area contributed by atoms with Gasteiger partial charge in [-0.3, -0.25) is 4.79 Å². The zero-order valence-electron chi connectivity index (χ0n) is 25.8. The minimum Gasteiger partial charge on any atom is -0.508 e. The Morgan fingerprint density at radius 2 is 1.33 bits per heavy atom. The van der Waals surface area contributed by atoms with E-state index in [0.29, 0.717) is 0 Å². The topological polar surface area (TPSA) is 269 Å². The van der Waals surface area contributed by atoms with Gasteiger partial charge in [0.2, 0.25) is 23.8 Å². The molecule has 16 heteroatoms. The lowest BCUT2D eigenvalue weighted by Crippen LogP contribution is -2.60. The van der Waals surface area contributed by atoms with Crippen LogP contribution >= 0.6 is 0 Å². The van der Waals surface area contributed by atoms with Crippen molar-refractivity contribution in [1.29, 1.82) is 0 Å². The average molecular weight is 679 g/mol. The van der Waals surface area contributed by atoms with Crippen LogP contribution < -0.4 is 14.9 Å². The number of aliphatic hydroxyl groups excluding tert-OH is 8. The van der Waals surface area contributed by atoms with Gasteiger partial charge in [0, 0.05) is 17.2 Å². The fraction of sp³-hybridized carbons (Fsp3) is 0.469. The van der Waals surface area contributed by atoms with Gasteiger partial charge in [0.1, 0.15) is 77.0 Å². The number of fused-ring (bicyclic) bond motifs is 1. The third kappa shape index (κ3) is 6.72. The first-order valence-electron chi connectivity index (χ1n) is 15.0. The van der Waals surface area contributed by atoms with Gasteiger partial charge >= 0.3 is 0 Å². The molecule has 2 aliphatic rings. The summed E-state index contributed by atoms with van der Waals surface area (Å²) in [6.45, 7) is 2.10. The molecule has 0 saturated carbocycles. The van der Waals surface area contributed by atoms with Crippen LogP contribution in [0, 0.1) is 0 Å². The maximum atomic E-state index is 14.2. The number of aromatic hydroxyl groups is 2. The second-order valence-electron chi connectivity index (χ2n) is 11.8. The third-order valence-corrected chi connectivity index (χ3v) is 8.18. The molecule has 5 rings (SSSR count). The summed E-state index contributed by atoms with van der Waals surface area (Å²) in [6, 6.07) is 6.37. The summed E-state index contributed by atoms with van der Waals surface area (Å²) in [4.78, 5) is 14.2. The van der Waals surface area contributed by atoms with Crippen molar-refractivity contribution in [3.8, 4) is 34.3 Å². The zero-order chi connectivity index (χ0) is 35.0. The van der Waals surface area contributed by atoms with Crippen LogP contribution in [0.4, 0.5) is 0 Å². The molecule has 2 aliphatic heterocycles. The molecule has 2 saturated heterocycles. The molecule has 0 unspecified atom stereocenters. The molecule has 10 atom stereocenters. The van der Waals surface area contributed by atoms with Gasteiger partial charge in [0.15, 0.2) is 5.76 Å².